The van der Waals surface area contributed by atoms with E-state index in [0.717, 1.165) is 29.9 Å². The number of amides is 1. The number of nitrogens with one attached hydrogen (secondary N) is 1. The lowest BCUT2D eigenvalue weighted by Crippen LogP contribution is -2.36. The van der Waals surface area contributed by atoms with Crippen molar-refractivity contribution >= 4 is 5.91 Å². The minimum Gasteiger partial charge on any atom is -0.466 e. The number of furan rings is 1. The van der Waals surface area contributed by atoms with Gasteiger partial charge in [-0.05, 0) is 37.0 Å². The van der Waals surface area contributed by atoms with Crippen molar-refractivity contribution in [1.82, 2.24) is 5.32 Å². The molecular weight excluding hydrogens is 262 g/mol. The van der Waals surface area contributed by atoms with E-state index in [1.165, 1.54) is 0 Å². The van der Waals surface area contributed by atoms with Gasteiger partial charge < -0.3 is 9.73 Å². The summed E-state index contributed by atoms with van der Waals surface area (Å²) in [6.07, 6.45) is 1.85. The molecule has 1 aliphatic carbocycles. The molecule has 0 saturated heterocycles. The summed E-state index contributed by atoms with van der Waals surface area (Å²) in [4.78, 5) is 12.4. The molecule has 1 unspecified atom stereocenters. The highest BCUT2D eigenvalue weighted by Crippen LogP contribution is 2.42. The van der Waals surface area contributed by atoms with Gasteiger partial charge in [0, 0.05) is 17.5 Å². The van der Waals surface area contributed by atoms with Gasteiger partial charge in [0.1, 0.15) is 11.5 Å². The molecule has 3 nitrogen and oxygen atoms in total. The van der Waals surface area contributed by atoms with E-state index < -0.39 is 0 Å². The molecule has 1 aromatic heterocycles. The van der Waals surface area contributed by atoms with Crippen LogP contribution in [-0.2, 0) is 6.42 Å². The summed E-state index contributed by atoms with van der Waals surface area (Å²) in [5.74, 6) is 1.90. The third-order valence-corrected chi connectivity index (χ3v) is 4.08. The monoisotopic (exact) mass is 283 g/mol. The van der Waals surface area contributed by atoms with Crippen LogP contribution in [0, 0.1) is 12.3 Å². The molecule has 3 rings (SSSR count). The number of hydrogen-bond donors (Lipinski definition) is 1. The average molecular weight is 283 g/mol. The van der Waals surface area contributed by atoms with Crippen molar-refractivity contribution in [3.8, 4) is 0 Å². The van der Waals surface area contributed by atoms with Crippen molar-refractivity contribution in [3.05, 3.63) is 59.0 Å². The Hall–Kier alpha value is -2.03. The lowest BCUT2D eigenvalue weighted by atomic mass is 9.74. The average Bonchev–Trinajstić information content (AvgIpc) is 2.78. The summed E-state index contributed by atoms with van der Waals surface area (Å²) < 4.78 is 5.81. The molecule has 1 heterocycles. The Kier molecular flexibility index (Phi) is 3.36. The highest BCUT2D eigenvalue weighted by atomic mass is 16.3. The van der Waals surface area contributed by atoms with Crippen LogP contribution in [-0.4, -0.2) is 5.91 Å². The third-order valence-electron chi connectivity index (χ3n) is 4.08. The lowest BCUT2D eigenvalue weighted by Gasteiger charge is -2.34. The fourth-order valence-electron chi connectivity index (χ4n) is 3.14. The summed E-state index contributed by atoms with van der Waals surface area (Å²) in [6, 6.07) is 11.4. The van der Waals surface area contributed by atoms with Crippen LogP contribution < -0.4 is 5.32 Å². The molecule has 1 N–H and O–H groups in total. The summed E-state index contributed by atoms with van der Waals surface area (Å²) in [5, 5.41) is 3.16. The van der Waals surface area contributed by atoms with Crippen LogP contribution in [0.4, 0.5) is 0 Å². The van der Waals surface area contributed by atoms with E-state index in [2.05, 4.69) is 25.2 Å². The van der Waals surface area contributed by atoms with Gasteiger partial charge in [-0.1, -0.05) is 32.0 Å². The zero-order chi connectivity index (χ0) is 15.0. The smallest absolute Gasteiger partial charge is 0.251 e. The predicted octanol–water partition coefficient (Wildman–Crippen LogP) is 4.03. The highest BCUT2D eigenvalue weighted by molar-refractivity contribution is 5.94. The number of carbonyl (C=O) groups is 1. The SMILES string of the molecule is Cc1cc2c(o1)CC(C)(C)CC2NC(=O)c1ccccc1. The van der Waals surface area contributed by atoms with Crippen LogP contribution in [0.3, 0.4) is 0 Å². The first kappa shape index (κ1) is 13.9. The van der Waals surface area contributed by atoms with Gasteiger partial charge in [0.15, 0.2) is 0 Å². The van der Waals surface area contributed by atoms with Crippen molar-refractivity contribution in [2.75, 3.05) is 0 Å². The summed E-state index contributed by atoms with van der Waals surface area (Å²) >= 11 is 0. The molecule has 2 aromatic rings. The number of carbonyl (C=O) groups excluding carboxylic acids is 1. The molecule has 0 aliphatic heterocycles. The topological polar surface area (TPSA) is 42.2 Å². The second kappa shape index (κ2) is 5.06. The number of benzene rings is 1. The predicted molar refractivity (Wildman–Crippen MR) is 82.2 cm³/mol. The van der Waals surface area contributed by atoms with Crippen molar-refractivity contribution in [2.45, 2.75) is 39.7 Å². The Morgan fingerprint density at radius 1 is 1.29 bits per heavy atom. The maximum atomic E-state index is 12.4. The molecule has 110 valence electrons. The first-order valence-corrected chi connectivity index (χ1v) is 7.40. The molecule has 1 amide bonds. The van der Waals surface area contributed by atoms with Crippen LogP contribution in [0.2, 0.25) is 0 Å². The van der Waals surface area contributed by atoms with Gasteiger partial charge in [-0.3, -0.25) is 4.79 Å². The number of fused-ring (bicyclic) bond motifs is 1. The van der Waals surface area contributed by atoms with Crippen LogP contribution >= 0.6 is 0 Å². The first-order chi connectivity index (χ1) is 9.94. The molecular formula is C18H21NO2. The van der Waals surface area contributed by atoms with E-state index in [-0.39, 0.29) is 17.4 Å². The molecule has 0 bridgehead atoms. The zero-order valence-corrected chi connectivity index (χ0v) is 12.8. The summed E-state index contributed by atoms with van der Waals surface area (Å²) in [5.41, 5.74) is 1.96. The molecule has 3 heteroatoms. The maximum absolute atomic E-state index is 12.4. The minimum absolute atomic E-state index is 0.0221. The van der Waals surface area contributed by atoms with Gasteiger partial charge >= 0.3 is 0 Å². The largest absolute Gasteiger partial charge is 0.466 e. The van der Waals surface area contributed by atoms with Gasteiger partial charge in [-0.25, -0.2) is 0 Å². The second-order valence-electron chi connectivity index (χ2n) is 6.67. The fraction of sp³-hybridized carbons (Fsp3) is 0.389. The summed E-state index contributed by atoms with van der Waals surface area (Å²) in [7, 11) is 0. The van der Waals surface area contributed by atoms with Crippen LogP contribution in [0.1, 0.15) is 53.8 Å². The van der Waals surface area contributed by atoms with Gasteiger partial charge in [-0.2, -0.15) is 0 Å². The molecule has 0 saturated carbocycles. The third kappa shape index (κ3) is 2.87. The number of aryl methyl sites for hydroxylation is 1. The van der Waals surface area contributed by atoms with Gasteiger partial charge in [-0.15, -0.1) is 0 Å². The van der Waals surface area contributed by atoms with Gasteiger partial charge in [0.25, 0.3) is 5.91 Å². The van der Waals surface area contributed by atoms with E-state index in [9.17, 15) is 4.79 Å². The second-order valence-corrected chi connectivity index (χ2v) is 6.67. The molecule has 1 aromatic carbocycles. The fourth-order valence-corrected chi connectivity index (χ4v) is 3.14. The van der Waals surface area contributed by atoms with Crippen LogP contribution in [0.25, 0.3) is 0 Å². The van der Waals surface area contributed by atoms with Crippen molar-refractivity contribution in [1.29, 1.82) is 0 Å². The van der Waals surface area contributed by atoms with Crippen molar-refractivity contribution in [2.24, 2.45) is 5.41 Å². The molecule has 21 heavy (non-hydrogen) atoms. The lowest BCUT2D eigenvalue weighted by molar-refractivity contribution is 0.0917. The van der Waals surface area contributed by atoms with Gasteiger partial charge in [0.2, 0.25) is 0 Å². The van der Waals surface area contributed by atoms with E-state index in [4.69, 9.17) is 4.42 Å². The maximum Gasteiger partial charge on any atom is 0.251 e. The highest BCUT2D eigenvalue weighted by Gasteiger charge is 2.35. The Morgan fingerprint density at radius 3 is 2.71 bits per heavy atom. The molecule has 1 aliphatic rings. The van der Waals surface area contributed by atoms with Crippen molar-refractivity contribution < 1.29 is 9.21 Å². The molecule has 1 atom stereocenters. The van der Waals surface area contributed by atoms with Gasteiger partial charge in [0.05, 0.1) is 6.04 Å². The quantitative estimate of drug-likeness (QED) is 0.904. The summed E-state index contributed by atoms with van der Waals surface area (Å²) in [6.45, 7) is 6.40. The Labute approximate surface area is 125 Å². The number of hydrogen-bond acceptors (Lipinski definition) is 2. The normalized spacial score (nSPS) is 19.9. The number of rotatable bonds is 2. The van der Waals surface area contributed by atoms with Crippen molar-refractivity contribution in [3.63, 3.8) is 0 Å². The van der Waals surface area contributed by atoms with E-state index in [1.807, 2.05) is 37.3 Å². The van der Waals surface area contributed by atoms with E-state index >= 15 is 0 Å². The zero-order valence-electron chi connectivity index (χ0n) is 12.8. The first-order valence-electron chi connectivity index (χ1n) is 7.40. The molecule has 0 radical (unpaired) electrons. The van der Waals surface area contributed by atoms with Crippen LogP contribution in [0.15, 0.2) is 40.8 Å². The Bertz CT molecular complexity index is 655. The minimum atomic E-state index is -0.0249. The Morgan fingerprint density at radius 2 is 2.00 bits per heavy atom. The molecule has 0 fully saturated rings. The Balaban J connectivity index is 1.86. The van der Waals surface area contributed by atoms with E-state index in [1.54, 1.807) is 0 Å². The van der Waals surface area contributed by atoms with Crippen LogP contribution in [0.5, 0.6) is 0 Å². The standard InChI is InChI=1S/C18H21NO2/c1-12-9-14-15(10-18(2,3)11-16(14)21-12)19-17(20)13-7-5-4-6-8-13/h4-9,15H,10-11H2,1-3H3,(H,19,20). The van der Waals surface area contributed by atoms with E-state index in [0.29, 0.717) is 5.56 Å². The molecule has 0 spiro atoms.